The number of nitro benzene ring substituents is 1. The van der Waals surface area contributed by atoms with Crippen LogP contribution in [0, 0.1) is 10.1 Å². The van der Waals surface area contributed by atoms with Crippen LogP contribution in [-0.2, 0) is 6.54 Å². The van der Waals surface area contributed by atoms with Gasteiger partial charge in [-0.3, -0.25) is 19.5 Å². The molecule has 2 aromatic carbocycles. The molecule has 0 bridgehead atoms. The van der Waals surface area contributed by atoms with E-state index in [1.807, 2.05) is 18.2 Å². The highest BCUT2D eigenvalue weighted by Crippen LogP contribution is 2.36. The number of hydrogen-bond acceptors (Lipinski definition) is 6. The minimum absolute atomic E-state index is 0.169. The van der Waals surface area contributed by atoms with Crippen molar-refractivity contribution < 1.29 is 9.72 Å². The van der Waals surface area contributed by atoms with E-state index in [4.69, 9.17) is 11.6 Å². The molecule has 0 atom stereocenters. The molecule has 0 saturated heterocycles. The van der Waals surface area contributed by atoms with E-state index in [-0.39, 0.29) is 11.3 Å². The molecule has 0 amide bonds. The van der Waals surface area contributed by atoms with Gasteiger partial charge in [0.05, 0.1) is 14.8 Å². The molecule has 0 aliphatic carbocycles. The van der Waals surface area contributed by atoms with Gasteiger partial charge >= 0.3 is 0 Å². The number of benzene rings is 2. The second-order valence-electron chi connectivity index (χ2n) is 5.39. The Labute approximate surface area is 163 Å². The van der Waals surface area contributed by atoms with Crippen LogP contribution in [0.15, 0.2) is 65.2 Å². The lowest BCUT2D eigenvalue weighted by molar-refractivity contribution is -0.387. The van der Waals surface area contributed by atoms with Gasteiger partial charge in [0.15, 0.2) is 11.0 Å². The number of nitrogens with zero attached hydrogens (tertiary/aromatic N) is 4. The summed E-state index contributed by atoms with van der Waals surface area (Å²) in [6, 6.07) is 11.5. The first-order valence-corrected chi connectivity index (χ1v) is 8.95. The Kier molecular flexibility index (Phi) is 5.68. The van der Waals surface area contributed by atoms with Gasteiger partial charge < -0.3 is 0 Å². The number of hydrogen-bond donors (Lipinski definition) is 0. The number of halogens is 1. The van der Waals surface area contributed by atoms with Gasteiger partial charge in [-0.05, 0) is 30.0 Å². The molecule has 0 radical (unpaired) electrons. The topological polar surface area (TPSA) is 90.9 Å². The Morgan fingerprint density at radius 1 is 1.26 bits per heavy atom. The number of allylic oxidation sites excluding steroid dienone is 1. The summed E-state index contributed by atoms with van der Waals surface area (Å²) in [5.41, 5.74) is 0.763. The van der Waals surface area contributed by atoms with Gasteiger partial charge in [-0.2, -0.15) is 0 Å². The third-order valence-electron chi connectivity index (χ3n) is 3.66. The third-order valence-corrected chi connectivity index (χ3v) is 5.04. The molecular weight excluding hydrogens is 388 g/mol. The first-order chi connectivity index (χ1) is 13.0. The van der Waals surface area contributed by atoms with E-state index in [2.05, 4.69) is 16.8 Å². The lowest BCUT2D eigenvalue weighted by Crippen LogP contribution is -2.01. The maximum Gasteiger partial charge on any atom is 0.284 e. The van der Waals surface area contributed by atoms with Crippen LogP contribution < -0.4 is 0 Å². The molecule has 3 rings (SSSR count). The number of carbonyl (C=O) groups excluding carboxylic acids is 1. The summed E-state index contributed by atoms with van der Waals surface area (Å²) < 4.78 is 1.77. The van der Waals surface area contributed by atoms with Gasteiger partial charge in [0.2, 0.25) is 0 Å². The molecule has 1 heterocycles. The number of carbonyl (C=O) groups is 1. The lowest BCUT2D eigenvalue weighted by atomic mass is 10.2. The highest BCUT2D eigenvalue weighted by atomic mass is 35.5. The highest BCUT2D eigenvalue weighted by molar-refractivity contribution is 7.99. The second-order valence-corrected chi connectivity index (χ2v) is 6.81. The fourth-order valence-corrected chi connectivity index (χ4v) is 3.58. The van der Waals surface area contributed by atoms with Crippen LogP contribution in [0.2, 0.25) is 5.02 Å². The van der Waals surface area contributed by atoms with Gasteiger partial charge in [-0.1, -0.05) is 35.9 Å². The maximum absolute atomic E-state index is 11.4. The molecule has 136 valence electrons. The molecule has 0 N–H and O–H groups in total. The van der Waals surface area contributed by atoms with Crippen molar-refractivity contribution in [2.75, 3.05) is 0 Å². The summed E-state index contributed by atoms with van der Waals surface area (Å²) in [6.45, 7) is 4.14. The van der Waals surface area contributed by atoms with Crippen molar-refractivity contribution in [1.29, 1.82) is 0 Å². The summed E-state index contributed by atoms with van der Waals surface area (Å²) in [7, 11) is 0. The van der Waals surface area contributed by atoms with E-state index in [1.54, 1.807) is 16.7 Å². The summed E-state index contributed by atoms with van der Waals surface area (Å²) in [5, 5.41) is 20.7. The number of aldehydes is 1. The van der Waals surface area contributed by atoms with Crippen molar-refractivity contribution in [2.45, 2.75) is 16.6 Å². The summed E-state index contributed by atoms with van der Waals surface area (Å²) in [4.78, 5) is 22.1. The second kappa shape index (κ2) is 8.15. The average molecular weight is 401 g/mol. The van der Waals surface area contributed by atoms with Gasteiger partial charge in [-0.25, -0.2) is 0 Å². The van der Waals surface area contributed by atoms with Crippen molar-refractivity contribution >= 4 is 35.3 Å². The van der Waals surface area contributed by atoms with E-state index >= 15 is 0 Å². The normalized spacial score (nSPS) is 10.6. The SMILES string of the molecule is C=CCn1c(Sc2ccc(C=O)cc2[N+](=O)[O-])nnc1-c1ccccc1Cl. The molecule has 7 nitrogen and oxygen atoms in total. The van der Waals surface area contributed by atoms with Crippen LogP contribution in [0.25, 0.3) is 11.4 Å². The standard InChI is InChI=1S/C18H13ClN4O3S/c1-2-9-22-17(13-5-3-4-6-14(13)19)20-21-18(22)27-16-8-7-12(11-24)10-15(16)23(25)26/h2-8,10-11H,1,9H2. The molecule has 1 aromatic heterocycles. The zero-order valence-corrected chi connectivity index (χ0v) is 15.5. The minimum Gasteiger partial charge on any atom is -0.298 e. The van der Waals surface area contributed by atoms with Crippen molar-refractivity contribution in [3.05, 3.63) is 75.8 Å². The summed E-state index contributed by atoms with van der Waals surface area (Å²) in [6.07, 6.45) is 2.24. The Bertz CT molecular complexity index is 1040. The summed E-state index contributed by atoms with van der Waals surface area (Å²) >= 11 is 7.35. The smallest absolute Gasteiger partial charge is 0.284 e. The molecule has 27 heavy (non-hydrogen) atoms. The highest BCUT2D eigenvalue weighted by Gasteiger charge is 2.21. The van der Waals surface area contributed by atoms with Gasteiger partial charge in [0.25, 0.3) is 5.69 Å². The fourth-order valence-electron chi connectivity index (χ4n) is 2.43. The van der Waals surface area contributed by atoms with Crippen LogP contribution in [0.5, 0.6) is 0 Å². The molecule has 0 unspecified atom stereocenters. The van der Waals surface area contributed by atoms with Crippen LogP contribution >= 0.6 is 23.4 Å². The predicted octanol–water partition coefficient (Wildman–Crippen LogP) is 4.66. The Morgan fingerprint density at radius 3 is 2.70 bits per heavy atom. The first kappa shape index (κ1) is 18.8. The number of nitro groups is 1. The van der Waals surface area contributed by atoms with E-state index in [0.29, 0.717) is 39.3 Å². The van der Waals surface area contributed by atoms with Crippen molar-refractivity contribution in [2.24, 2.45) is 0 Å². The van der Waals surface area contributed by atoms with Gasteiger partial charge in [-0.15, -0.1) is 16.8 Å². The van der Waals surface area contributed by atoms with E-state index in [1.165, 1.54) is 18.2 Å². The zero-order valence-electron chi connectivity index (χ0n) is 13.9. The quantitative estimate of drug-likeness (QED) is 0.248. The van der Waals surface area contributed by atoms with Crippen molar-refractivity contribution in [3.8, 4) is 11.4 Å². The number of rotatable bonds is 7. The molecule has 0 aliphatic rings. The van der Waals surface area contributed by atoms with Crippen LogP contribution in [0.1, 0.15) is 10.4 Å². The molecule has 0 fully saturated rings. The minimum atomic E-state index is -0.529. The van der Waals surface area contributed by atoms with Crippen LogP contribution in [0.3, 0.4) is 0 Å². The Hall–Kier alpha value is -2.97. The molecule has 9 heteroatoms. The maximum atomic E-state index is 11.4. The molecule has 0 aliphatic heterocycles. The van der Waals surface area contributed by atoms with E-state index < -0.39 is 4.92 Å². The monoisotopic (exact) mass is 400 g/mol. The van der Waals surface area contributed by atoms with Gasteiger partial charge in [0, 0.05) is 23.7 Å². The van der Waals surface area contributed by atoms with Crippen LogP contribution in [-0.4, -0.2) is 26.0 Å². The Morgan fingerprint density at radius 2 is 2.04 bits per heavy atom. The zero-order chi connectivity index (χ0) is 19.4. The molecule has 0 spiro atoms. The van der Waals surface area contributed by atoms with E-state index in [0.717, 1.165) is 11.8 Å². The average Bonchev–Trinajstić information content (AvgIpc) is 3.05. The largest absolute Gasteiger partial charge is 0.298 e. The van der Waals surface area contributed by atoms with E-state index in [9.17, 15) is 14.9 Å². The third kappa shape index (κ3) is 3.91. The molecule has 0 saturated carbocycles. The molecular formula is C18H13ClN4O3S. The fraction of sp³-hybridized carbons (Fsp3) is 0.0556. The van der Waals surface area contributed by atoms with Crippen LogP contribution in [0.4, 0.5) is 5.69 Å². The summed E-state index contributed by atoms with van der Waals surface area (Å²) in [5.74, 6) is 0.537. The van der Waals surface area contributed by atoms with Crippen molar-refractivity contribution in [3.63, 3.8) is 0 Å². The predicted molar refractivity (Wildman–Crippen MR) is 103 cm³/mol. The lowest BCUT2D eigenvalue weighted by Gasteiger charge is -2.09. The first-order valence-electron chi connectivity index (χ1n) is 7.75. The Balaban J connectivity index is 2.06. The number of aromatic nitrogens is 3. The van der Waals surface area contributed by atoms with Gasteiger partial charge in [0.1, 0.15) is 6.29 Å². The molecule has 3 aromatic rings. The van der Waals surface area contributed by atoms with Crippen molar-refractivity contribution in [1.82, 2.24) is 14.8 Å².